The third-order valence-electron chi connectivity index (χ3n) is 3.57. The second-order valence-corrected chi connectivity index (χ2v) is 5.41. The predicted molar refractivity (Wildman–Crippen MR) is 99.2 cm³/mol. The van der Waals surface area contributed by atoms with Crippen molar-refractivity contribution in [1.29, 1.82) is 0 Å². The van der Waals surface area contributed by atoms with Gasteiger partial charge >= 0.3 is 6.03 Å². The van der Waals surface area contributed by atoms with E-state index >= 15 is 0 Å². The van der Waals surface area contributed by atoms with Crippen molar-refractivity contribution in [1.82, 2.24) is 10.6 Å². The minimum absolute atomic E-state index is 0.142. The SMILES string of the molecule is C#CC[C@H](NC(=O)Nc1ccc(C(=O)NCC)cc1)c1ccccc1. The summed E-state index contributed by atoms with van der Waals surface area (Å²) in [5.74, 6) is 2.44. The minimum atomic E-state index is -0.352. The largest absolute Gasteiger partial charge is 0.352 e. The summed E-state index contributed by atoms with van der Waals surface area (Å²) in [6.07, 6.45) is 5.80. The lowest BCUT2D eigenvalue weighted by molar-refractivity contribution is 0.0956. The quantitative estimate of drug-likeness (QED) is 0.709. The van der Waals surface area contributed by atoms with Gasteiger partial charge in [-0.2, -0.15) is 0 Å². The van der Waals surface area contributed by atoms with Crippen molar-refractivity contribution in [3.05, 3.63) is 65.7 Å². The third-order valence-corrected chi connectivity index (χ3v) is 3.57. The molecule has 25 heavy (non-hydrogen) atoms. The molecule has 0 spiro atoms. The zero-order valence-electron chi connectivity index (χ0n) is 14.1. The second-order valence-electron chi connectivity index (χ2n) is 5.41. The van der Waals surface area contributed by atoms with Crippen LogP contribution in [-0.2, 0) is 0 Å². The molecule has 3 amide bonds. The van der Waals surface area contributed by atoms with E-state index in [0.717, 1.165) is 5.56 Å². The van der Waals surface area contributed by atoms with Crippen molar-refractivity contribution in [2.24, 2.45) is 0 Å². The van der Waals surface area contributed by atoms with Crippen molar-refractivity contribution in [2.45, 2.75) is 19.4 Å². The molecule has 128 valence electrons. The first-order chi connectivity index (χ1) is 12.1. The number of nitrogens with one attached hydrogen (secondary N) is 3. The lowest BCUT2D eigenvalue weighted by atomic mass is 10.0. The number of hydrogen-bond donors (Lipinski definition) is 3. The third kappa shape index (κ3) is 5.40. The number of carbonyl (C=O) groups excluding carboxylic acids is 2. The van der Waals surface area contributed by atoms with Crippen molar-refractivity contribution >= 4 is 17.6 Å². The number of rotatable bonds is 6. The van der Waals surface area contributed by atoms with Crippen LogP contribution in [0.4, 0.5) is 10.5 Å². The molecule has 0 aliphatic heterocycles. The van der Waals surface area contributed by atoms with Crippen LogP contribution in [-0.4, -0.2) is 18.5 Å². The normalized spacial score (nSPS) is 11.0. The van der Waals surface area contributed by atoms with E-state index in [1.807, 2.05) is 37.3 Å². The topological polar surface area (TPSA) is 70.2 Å². The molecule has 0 aliphatic carbocycles. The first-order valence-electron chi connectivity index (χ1n) is 8.08. The van der Waals surface area contributed by atoms with Gasteiger partial charge in [-0.15, -0.1) is 12.3 Å². The molecular weight excluding hydrogens is 314 g/mol. The van der Waals surface area contributed by atoms with Gasteiger partial charge in [0, 0.05) is 24.2 Å². The molecule has 0 radical (unpaired) electrons. The summed E-state index contributed by atoms with van der Waals surface area (Å²) in [4.78, 5) is 23.9. The summed E-state index contributed by atoms with van der Waals surface area (Å²) >= 11 is 0. The van der Waals surface area contributed by atoms with Gasteiger partial charge in [-0.3, -0.25) is 4.79 Å². The molecule has 5 nitrogen and oxygen atoms in total. The van der Waals surface area contributed by atoms with Gasteiger partial charge < -0.3 is 16.0 Å². The maximum absolute atomic E-state index is 12.2. The Morgan fingerprint density at radius 3 is 2.36 bits per heavy atom. The van der Waals surface area contributed by atoms with Crippen molar-refractivity contribution in [3.8, 4) is 12.3 Å². The summed E-state index contributed by atoms with van der Waals surface area (Å²) in [7, 11) is 0. The molecule has 0 saturated carbocycles. The Morgan fingerprint density at radius 2 is 1.76 bits per heavy atom. The predicted octanol–water partition coefficient (Wildman–Crippen LogP) is 3.32. The van der Waals surface area contributed by atoms with Crippen LogP contribution in [0.5, 0.6) is 0 Å². The van der Waals surface area contributed by atoms with Crippen LogP contribution in [0.3, 0.4) is 0 Å². The van der Waals surface area contributed by atoms with E-state index in [1.54, 1.807) is 24.3 Å². The Hall–Kier alpha value is -3.26. The van der Waals surface area contributed by atoms with Gasteiger partial charge in [-0.25, -0.2) is 4.79 Å². The Labute approximate surface area is 147 Å². The highest BCUT2D eigenvalue weighted by Crippen LogP contribution is 2.16. The minimum Gasteiger partial charge on any atom is -0.352 e. The number of terminal acetylenes is 1. The molecule has 2 rings (SSSR count). The van der Waals surface area contributed by atoms with Gasteiger partial charge in [0.1, 0.15) is 0 Å². The fourth-order valence-electron chi connectivity index (χ4n) is 2.35. The first kappa shape index (κ1) is 18.1. The highest BCUT2D eigenvalue weighted by molar-refractivity contribution is 5.95. The van der Waals surface area contributed by atoms with Crippen molar-refractivity contribution < 1.29 is 9.59 Å². The molecule has 0 fully saturated rings. The van der Waals surface area contributed by atoms with Gasteiger partial charge in [0.15, 0.2) is 0 Å². The van der Waals surface area contributed by atoms with E-state index in [9.17, 15) is 9.59 Å². The molecule has 2 aromatic rings. The van der Waals surface area contributed by atoms with E-state index in [1.165, 1.54) is 0 Å². The average molecular weight is 335 g/mol. The van der Waals surface area contributed by atoms with Gasteiger partial charge in [0.2, 0.25) is 0 Å². The number of urea groups is 1. The number of benzene rings is 2. The Morgan fingerprint density at radius 1 is 1.08 bits per heavy atom. The van der Waals surface area contributed by atoms with Crippen LogP contribution in [0, 0.1) is 12.3 Å². The number of amides is 3. The lowest BCUT2D eigenvalue weighted by Crippen LogP contribution is -2.32. The molecule has 0 unspecified atom stereocenters. The van der Waals surface area contributed by atoms with Crippen molar-refractivity contribution in [2.75, 3.05) is 11.9 Å². The molecule has 2 aromatic carbocycles. The van der Waals surface area contributed by atoms with E-state index in [-0.39, 0.29) is 18.0 Å². The smallest absolute Gasteiger partial charge is 0.319 e. The van der Waals surface area contributed by atoms with Gasteiger partial charge in [0.25, 0.3) is 5.91 Å². The van der Waals surface area contributed by atoms with Gasteiger partial charge in [0.05, 0.1) is 6.04 Å². The van der Waals surface area contributed by atoms with E-state index < -0.39 is 0 Å². The fourth-order valence-corrected chi connectivity index (χ4v) is 2.35. The summed E-state index contributed by atoms with van der Waals surface area (Å²) in [5.41, 5.74) is 2.09. The molecule has 1 atom stereocenters. The standard InChI is InChI=1S/C20H21N3O2/c1-3-8-18(15-9-6-5-7-10-15)23-20(25)22-17-13-11-16(12-14-17)19(24)21-4-2/h1,5-7,9-14,18H,4,8H2,2H3,(H,21,24)(H2,22,23,25)/t18-/m0/s1. The second kappa shape index (κ2) is 9.14. The monoisotopic (exact) mass is 335 g/mol. The number of carbonyl (C=O) groups is 2. The zero-order valence-corrected chi connectivity index (χ0v) is 14.1. The van der Waals surface area contributed by atoms with Gasteiger partial charge in [-0.1, -0.05) is 30.3 Å². The van der Waals surface area contributed by atoms with Crippen LogP contribution < -0.4 is 16.0 Å². The maximum atomic E-state index is 12.2. The number of anilines is 1. The fraction of sp³-hybridized carbons (Fsp3) is 0.200. The summed E-state index contributed by atoms with van der Waals surface area (Å²) in [6, 6.07) is 15.6. The molecule has 0 heterocycles. The molecule has 0 aliphatic rings. The Kier molecular flexibility index (Phi) is 6.61. The molecule has 0 saturated heterocycles. The molecular formula is C20H21N3O2. The maximum Gasteiger partial charge on any atom is 0.319 e. The van der Waals surface area contributed by atoms with Gasteiger partial charge in [-0.05, 0) is 36.8 Å². The summed E-state index contributed by atoms with van der Waals surface area (Å²) in [5, 5.41) is 8.34. The highest BCUT2D eigenvalue weighted by Gasteiger charge is 2.13. The van der Waals surface area contributed by atoms with Crippen LogP contribution >= 0.6 is 0 Å². The molecule has 0 bridgehead atoms. The van der Waals surface area contributed by atoms with Crippen molar-refractivity contribution in [3.63, 3.8) is 0 Å². The Balaban J connectivity index is 1.99. The Bertz CT molecular complexity index is 749. The summed E-state index contributed by atoms with van der Waals surface area (Å²) in [6.45, 7) is 2.43. The highest BCUT2D eigenvalue weighted by atomic mass is 16.2. The van der Waals surface area contributed by atoms with E-state index in [2.05, 4.69) is 21.9 Å². The zero-order chi connectivity index (χ0) is 18.1. The molecule has 0 aromatic heterocycles. The van der Waals surface area contributed by atoms with Crippen LogP contribution in [0.1, 0.15) is 35.3 Å². The first-order valence-corrected chi connectivity index (χ1v) is 8.08. The van der Waals surface area contributed by atoms with Crippen LogP contribution in [0.2, 0.25) is 0 Å². The summed E-state index contributed by atoms with van der Waals surface area (Å²) < 4.78 is 0. The van der Waals surface area contributed by atoms with E-state index in [4.69, 9.17) is 6.42 Å². The van der Waals surface area contributed by atoms with Crippen LogP contribution in [0.25, 0.3) is 0 Å². The lowest BCUT2D eigenvalue weighted by Gasteiger charge is -2.17. The number of hydrogen-bond acceptors (Lipinski definition) is 2. The van der Waals surface area contributed by atoms with Crippen LogP contribution in [0.15, 0.2) is 54.6 Å². The average Bonchev–Trinajstić information content (AvgIpc) is 2.63. The van der Waals surface area contributed by atoms with E-state index in [0.29, 0.717) is 24.2 Å². The molecule has 3 N–H and O–H groups in total. The molecule has 5 heteroatoms.